The summed E-state index contributed by atoms with van der Waals surface area (Å²) in [7, 11) is 0. The number of aliphatic hydroxyl groups excluding tert-OH is 1. The van der Waals surface area contributed by atoms with Crippen LogP contribution >= 0.6 is 11.6 Å². The molecule has 0 spiro atoms. The van der Waals surface area contributed by atoms with E-state index in [0.717, 1.165) is 18.5 Å². The number of aliphatic hydroxyl groups is 1. The zero-order chi connectivity index (χ0) is 12.4. The van der Waals surface area contributed by atoms with Gasteiger partial charge >= 0.3 is 0 Å². The highest BCUT2D eigenvalue weighted by atomic mass is 35.5. The van der Waals surface area contributed by atoms with Gasteiger partial charge in [0.2, 0.25) is 0 Å². The third kappa shape index (κ3) is 2.94. The molecule has 1 N–H and O–H groups in total. The van der Waals surface area contributed by atoms with Crippen molar-refractivity contribution in [1.82, 2.24) is 4.90 Å². The number of rotatable bonds is 3. The molecule has 0 aliphatic carbocycles. The van der Waals surface area contributed by atoms with Gasteiger partial charge in [-0.3, -0.25) is 15.0 Å². The number of benzene rings is 1. The average Bonchev–Trinajstić information content (AvgIpc) is 2.66. The van der Waals surface area contributed by atoms with Gasteiger partial charge in [-0.15, -0.1) is 0 Å². The molecule has 6 heteroatoms. The van der Waals surface area contributed by atoms with Crippen molar-refractivity contribution in [1.29, 1.82) is 0 Å². The SMILES string of the molecule is O=[N+]([O-])c1cc(CN2CC[C@H](O)C2)ccc1Cl. The molecule has 17 heavy (non-hydrogen) atoms. The maximum absolute atomic E-state index is 10.7. The van der Waals surface area contributed by atoms with Gasteiger partial charge in [-0.2, -0.15) is 0 Å². The number of hydrogen-bond donors (Lipinski definition) is 1. The van der Waals surface area contributed by atoms with Crippen molar-refractivity contribution in [3.05, 3.63) is 38.9 Å². The number of nitrogens with zero attached hydrogens (tertiary/aromatic N) is 2. The zero-order valence-electron chi connectivity index (χ0n) is 9.17. The first-order chi connectivity index (χ1) is 8.06. The molecule has 1 aromatic carbocycles. The number of likely N-dealkylation sites (tertiary alicyclic amines) is 1. The normalized spacial score (nSPS) is 20.7. The van der Waals surface area contributed by atoms with Gasteiger partial charge in [0.25, 0.3) is 5.69 Å². The van der Waals surface area contributed by atoms with E-state index in [2.05, 4.69) is 4.90 Å². The van der Waals surface area contributed by atoms with Crippen molar-refractivity contribution >= 4 is 17.3 Å². The van der Waals surface area contributed by atoms with E-state index in [0.29, 0.717) is 13.1 Å². The Kier molecular flexibility index (Phi) is 3.61. The van der Waals surface area contributed by atoms with Crippen LogP contribution in [0, 0.1) is 10.1 Å². The highest BCUT2D eigenvalue weighted by molar-refractivity contribution is 6.32. The summed E-state index contributed by atoms with van der Waals surface area (Å²) in [4.78, 5) is 12.3. The maximum Gasteiger partial charge on any atom is 0.288 e. The highest BCUT2D eigenvalue weighted by Gasteiger charge is 2.21. The van der Waals surface area contributed by atoms with Crippen LogP contribution in [0.25, 0.3) is 0 Å². The predicted octanol–water partition coefficient (Wildman–Crippen LogP) is 1.81. The van der Waals surface area contributed by atoms with Crippen molar-refractivity contribution < 1.29 is 10.0 Å². The van der Waals surface area contributed by atoms with Crippen LogP contribution in [0.5, 0.6) is 0 Å². The van der Waals surface area contributed by atoms with Gasteiger partial charge in [0.15, 0.2) is 0 Å². The quantitative estimate of drug-likeness (QED) is 0.662. The molecular weight excluding hydrogens is 244 g/mol. The minimum atomic E-state index is -0.481. The van der Waals surface area contributed by atoms with E-state index in [1.807, 2.05) is 0 Å². The summed E-state index contributed by atoms with van der Waals surface area (Å²) >= 11 is 5.74. The molecule has 1 saturated heterocycles. The Morgan fingerprint density at radius 2 is 2.35 bits per heavy atom. The van der Waals surface area contributed by atoms with Crippen LogP contribution in [-0.4, -0.2) is 34.1 Å². The van der Waals surface area contributed by atoms with Crippen molar-refractivity contribution in [3.63, 3.8) is 0 Å². The van der Waals surface area contributed by atoms with E-state index in [1.54, 1.807) is 12.1 Å². The lowest BCUT2D eigenvalue weighted by molar-refractivity contribution is -0.384. The van der Waals surface area contributed by atoms with Gasteiger partial charge in [0.1, 0.15) is 5.02 Å². The lowest BCUT2D eigenvalue weighted by Crippen LogP contribution is -2.21. The van der Waals surface area contributed by atoms with Crippen LogP contribution in [0.15, 0.2) is 18.2 Å². The summed E-state index contributed by atoms with van der Waals surface area (Å²) < 4.78 is 0. The number of β-amino-alcohol motifs (C(OH)–C–C–N with tert-alkyl or cyclic N) is 1. The minimum Gasteiger partial charge on any atom is -0.392 e. The van der Waals surface area contributed by atoms with Crippen LogP contribution in [0.2, 0.25) is 5.02 Å². The fourth-order valence-electron chi connectivity index (χ4n) is 2.01. The second-order valence-electron chi connectivity index (χ2n) is 4.22. The van der Waals surface area contributed by atoms with Crippen LogP contribution in [-0.2, 0) is 6.54 Å². The number of halogens is 1. The molecule has 1 aliphatic rings. The van der Waals surface area contributed by atoms with Gasteiger partial charge in [-0.05, 0) is 18.1 Å². The van der Waals surface area contributed by atoms with Gasteiger partial charge in [-0.1, -0.05) is 17.7 Å². The van der Waals surface area contributed by atoms with E-state index >= 15 is 0 Å². The van der Waals surface area contributed by atoms with Crippen molar-refractivity contribution in [2.45, 2.75) is 19.1 Å². The molecule has 1 atom stereocenters. The fraction of sp³-hybridized carbons (Fsp3) is 0.455. The van der Waals surface area contributed by atoms with E-state index in [4.69, 9.17) is 11.6 Å². The Bertz CT molecular complexity index is 439. The van der Waals surface area contributed by atoms with Crippen molar-refractivity contribution in [2.24, 2.45) is 0 Å². The average molecular weight is 257 g/mol. The molecule has 0 aromatic heterocycles. The third-order valence-electron chi connectivity index (χ3n) is 2.86. The van der Waals surface area contributed by atoms with Crippen LogP contribution in [0.3, 0.4) is 0 Å². The first-order valence-electron chi connectivity index (χ1n) is 5.39. The zero-order valence-corrected chi connectivity index (χ0v) is 9.93. The monoisotopic (exact) mass is 256 g/mol. The number of nitro benzene ring substituents is 1. The molecule has 1 aromatic rings. The highest BCUT2D eigenvalue weighted by Crippen LogP contribution is 2.26. The molecule has 92 valence electrons. The molecule has 5 nitrogen and oxygen atoms in total. The van der Waals surface area contributed by atoms with Gasteiger partial charge in [0, 0.05) is 25.7 Å². The van der Waals surface area contributed by atoms with Gasteiger partial charge in [-0.25, -0.2) is 0 Å². The Labute approximate surface area is 104 Å². The van der Waals surface area contributed by atoms with E-state index in [-0.39, 0.29) is 16.8 Å². The Balaban J connectivity index is 2.11. The largest absolute Gasteiger partial charge is 0.392 e. The van der Waals surface area contributed by atoms with Crippen molar-refractivity contribution in [3.8, 4) is 0 Å². The topological polar surface area (TPSA) is 66.6 Å². The Hall–Kier alpha value is -1.17. The molecule has 1 fully saturated rings. The summed E-state index contributed by atoms with van der Waals surface area (Å²) in [6, 6.07) is 4.81. The van der Waals surface area contributed by atoms with Gasteiger partial charge in [0.05, 0.1) is 11.0 Å². The van der Waals surface area contributed by atoms with E-state index in [1.165, 1.54) is 6.07 Å². The van der Waals surface area contributed by atoms with E-state index < -0.39 is 4.92 Å². The second-order valence-corrected chi connectivity index (χ2v) is 4.63. The summed E-state index contributed by atoms with van der Waals surface area (Å²) in [5.41, 5.74) is 0.777. The lowest BCUT2D eigenvalue weighted by Gasteiger charge is -2.14. The molecule has 0 unspecified atom stereocenters. The van der Waals surface area contributed by atoms with Crippen LogP contribution in [0.1, 0.15) is 12.0 Å². The molecule has 0 radical (unpaired) electrons. The molecule has 1 heterocycles. The van der Waals surface area contributed by atoms with Crippen LogP contribution < -0.4 is 0 Å². The molecule has 0 amide bonds. The molecule has 1 aliphatic heterocycles. The summed E-state index contributed by atoms with van der Waals surface area (Å²) in [6.07, 6.45) is 0.479. The maximum atomic E-state index is 10.7. The van der Waals surface area contributed by atoms with E-state index in [9.17, 15) is 15.2 Å². The third-order valence-corrected chi connectivity index (χ3v) is 3.18. The van der Waals surface area contributed by atoms with Crippen LogP contribution in [0.4, 0.5) is 5.69 Å². The first-order valence-corrected chi connectivity index (χ1v) is 5.77. The Morgan fingerprint density at radius 3 is 2.94 bits per heavy atom. The molecule has 2 rings (SSSR count). The van der Waals surface area contributed by atoms with Gasteiger partial charge < -0.3 is 5.11 Å². The lowest BCUT2D eigenvalue weighted by atomic mass is 10.2. The molecular formula is C11H13ClN2O3. The standard InChI is InChI=1S/C11H13ClN2O3/c12-10-2-1-8(5-11(10)14(16)17)6-13-4-3-9(15)7-13/h1-2,5,9,15H,3-4,6-7H2/t9-/m0/s1. The fourth-order valence-corrected chi connectivity index (χ4v) is 2.20. The van der Waals surface area contributed by atoms with Crippen molar-refractivity contribution in [2.75, 3.05) is 13.1 Å². The molecule has 0 saturated carbocycles. The second kappa shape index (κ2) is 5.00. The summed E-state index contributed by atoms with van der Waals surface area (Å²) in [6.45, 7) is 2.04. The summed E-state index contributed by atoms with van der Waals surface area (Å²) in [5, 5.41) is 20.3. The minimum absolute atomic E-state index is 0.0658. The smallest absolute Gasteiger partial charge is 0.288 e. The Morgan fingerprint density at radius 1 is 1.59 bits per heavy atom. The first kappa shape index (κ1) is 12.3. The number of hydrogen-bond acceptors (Lipinski definition) is 4. The molecule has 0 bridgehead atoms. The summed E-state index contributed by atoms with van der Waals surface area (Å²) in [5.74, 6) is 0. The predicted molar refractivity (Wildman–Crippen MR) is 64.0 cm³/mol. The number of nitro groups is 1.